The van der Waals surface area contributed by atoms with Gasteiger partial charge in [-0.25, -0.2) is 9.18 Å². The van der Waals surface area contributed by atoms with E-state index in [1.165, 1.54) is 12.1 Å². The summed E-state index contributed by atoms with van der Waals surface area (Å²) in [6.45, 7) is -0.482. The summed E-state index contributed by atoms with van der Waals surface area (Å²) < 4.78 is 18.2. The summed E-state index contributed by atoms with van der Waals surface area (Å²) >= 11 is 5.71. The molecule has 0 saturated heterocycles. The fourth-order valence-corrected chi connectivity index (χ4v) is 1.72. The maximum Gasteiger partial charge on any atom is 0.343 e. The van der Waals surface area contributed by atoms with Crippen LogP contribution in [0, 0.1) is 5.82 Å². The molecule has 1 aromatic heterocycles. The summed E-state index contributed by atoms with van der Waals surface area (Å²) in [4.78, 5) is 25.9. The number of rotatable bonds is 4. The second-order valence-corrected chi connectivity index (χ2v) is 4.09. The molecular formula is C13H9ClFNO3. The van der Waals surface area contributed by atoms with Gasteiger partial charge in [0.15, 0.2) is 6.61 Å². The molecule has 0 aliphatic rings. The smallest absolute Gasteiger partial charge is 0.343 e. The average Bonchev–Trinajstić information content (AvgIpc) is 2.89. The molecule has 19 heavy (non-hydrogen) atoms. The van der Waals surface area contributed by atoms with Crippen molar-refractivity contribution in [1.82, 2.24) is 4.98 Å². The fraction of sp³-hybridized carbons (Fsp3) is 0.0769. The molecule has 4 nitrogen and oxygen atoms in total. The molecule has 2 rings (SSSR count). The lowest BCUT2D eigenvalue weighted by Crippen LogP contribution is -2.15. The van der Waals surface area contributed by atoms with Crippen LogP contribution in [-0.2, 0) is 4.74 Å². The number of aromatic nitrogens is 1. The molecular weight excluding hydrogens is 273 g/mol. The van der Waals surface area contributed by atoms with Gasteiger partial charge in [-0.3, -0.25) is 4.79 Å². The number of carbonyl (C=O) groups excluding carboxylic acids is 2. The number of esters is 1. The molecule has 1 N–H and O–H groups in total. The van der Waals surface area contributed by atoms with Gasteiger partial charge in [0.05, 0.1) is 10.7 Å². The van der Waals surface area contributed by atoms with Gasteiger partial charge in [0.25, 0.3) is 0 Å². The van der Waals surface area contributed by atoms with Crippen LogP contribution in [0.3, 0.4) is 0 Å². The molecule has 0 amide bonds. The second kappa shape index (κ2) is 5.67. The van der Waals surface area contributed by atoms with Crippen LogP contribution in [0.2, 0.25) is 5.02 Å². The van der Waals surface area contributed by atoms with Crippen LogP contribution in [0.15, 0.2) is 36.5 Å². The Balaban J connectivity index is 2.04. The van der Waals surface area contributed by atoms with Crippen LogP contribution < -0.4 is 0 Å². The van der Waals surface area contributed by atoms with Crippen LogP contribution in [0.4, 0.5) is 4.39 Å². The number of halogens is 2. The molecule has 1 heterocycles. The minimum atomic E-state index is -0.969. The lowest BCUT2D eigenvalue weighted by molar-refractivity contribution is 0.0469. The first-order valence-electron chi connectivity index (χ1n) is 5.37. The first kappa shape index (κ1) is 13.3. The molecule has 98 valence electrons. The lowest BCUT2D eigenvalue weighted by Gasteiger charge is -2.06. The standard InChI is InChI=1S/C13H9ClFNO3/c14-8-3-1-4-9(15)12(8)13(18)19-7-11(17)10-5-2-6-16-10/h1-6,16H,7H2. The first-order chi connectivity index (χ1) is 9.09. The highest BCUT2D eigenvalue weighted by Gasteiger charge is 2.18. The maximum atomic E-state index is 13.4. The molecule has 0 atom stereocenters. The molecule has 0 bridgehead atoms. The normalized spacial score (nSPS) is 10.2. The van der Waals surface area contributed by atoms with Crippen molar-refractivity contribution in [2.24, 2.45) is 0 Å². The van der Waals surface area contributed by atoms with Crippen LogP contribution in [0.5, 0.6) is 0 Å². The number of nitrogens with one attached hydrogen (secondary N) is 1. The molecule has 0 fully saturated rings. The number of ether oxygens (including phenoxy) is 1. The first-order valence-corrected chi connectivity index (χ1v) is 5.75. The van der Waals surface area contributed by atoms with Crippen molar-refractivity contribution in [3.05, 3.63) is 58.6 Å². The number of H-pyrrole nitrogens is 1. The highest BCUT2D eigenvalue weighted by atomic mass is 35.5. The fourth-order valence-electron chi connectivity index (χ4n) is 1.48. The Morgan fingerprint density at radius 2 is 2.05 bits per heavy atom. The van der Waals surface area contributed by atoms with Crippen molar-refractivity contribution in [2.45, 2.75) is 0 Å². The number of hydrogen-bond donors (Lipinski definition) is 1. The monoisotopic (exact) mass is 281 g/mol. The Labute approximate surface area is 113 Å². The largest absolute Gasteiger partial charge is 0.454 e. The number of benzene rings is 1. The summed E-state index contributed by atoms with van der Waals surface area (Å²) in [6.07, 6.45) is 1.57. The summed E-state index contributed by atoms with van der Waals surface area (Å²) in [6, 6.07) is 7.02. The van der Waals surface area contributed by atoms with Gasteiger partial charge in [-0.2, -0.15) is 0 Å². The van der Waals surface area contributed by atoms with E-state index in [1.54, 1.807) is 18.3 Å². The van der Waals surface area contributed by atoms with Crippen molar-refractivity contribution < 1.29 is 18.7 Å². The Morgan fingerprint density at radius 1 is 1.26 bits per heavy atom. The third kappa shape index (κ3) is 3.00. The minimum absolute atomic E-state index is 0.0580. The quantitative estimate of drug-likeness (QED) is 0.692. The highest BCUT2D eigenvalue weighted by molar-refractivity contribution is 6.33. The number of hydrogen-bond acceptors (Lipinski definition) is 3. The number of Topliss-reactive ketones (excluding diaryl/α,β-unsaturated/α-hetero) is 1. The van der Waals surface area contributed by atoms with Crippen molar-refractivity contribution in [3.8, 4) is 0 Å². The summed E-state index contributed by atoms with van der Waals surface area (Å²) in [5.74, 6) is -2.17. The highest BCUT2D eigenvalue weighted by Crippen LogP contribution is 2.19. The molecule has 1 aromatic carbocycles. The summed E-state index contributed by atoms with van der Waals surface area (Å²) in [7, 11) is 0. The van der Waals surface area contributed by atoms with Gasteiger partial charge in [0, 0.05) is 6.20 Å². The summed E-state index contributed by atoms with van der Waals surface area (Å²) in [5, 5.41) is -0.0580. The van der Waals surface area contributed by atoms with Gasteiger partial charge in [0.2, 0.25) is 5.78 Å². The third-order valence-corrected chi connectivity index (χ3v) is 2.71. The van der Waals surface area contributed by atoms with Crippen LogP contribution >= 0.6 is 11.6 Å². The third-order valence-electron chi connectivity index (χ3n) is 2.40. The Kier molecular flexibility index (Phi) is 3.97. The van der Waals surface area contributed by atoms with Gasteiger partial charge in [-0.05, 0) is 24.3 Å². The molecule has 0 saturated carbocycles. The van der Waals surface area contributed by atoms with Crippen molar-refractivity contribution >= 4 is 23.4 Å². The molecule has 0 aliphatic carbocycles. The van der Waals surface area contributed by atoms with Crippen molar-refractivity contribution in [2.75, 3.05) is 6.61 Å². The SMILES string of the molecule is O=C(COC(=O)c1c(F)cccc1Cl)c1ccc[nH]1. The van der Waals surface area contributed by atoms with E-state index >= 15 is 0 Å². The van der Waals surface area contributed by atoms with E-state index in [-0.39, 0.29) is 10.6 Å². The number of carbonyl (C=O) groups is 2. The van der Waals surface area contributed by atoms with Gasteiger partial charge >= 0.3 is 5.97 Å². The molecule has 0 unspecified atom stereocenters. The Bertz CT molecular complexity index is 590. The van der Waals surface area contributed by atoms with Gasteiger partial charge < -0.3 is 9.72 Å². The molecule has 2 aromatic rings. The second-order valence-electron chi connectivity index (χ2n) is 3.68. The van der Waals surface area contributed by atoms with E-state index < -0.39 is 24.2 Å². The molecule has 6 heteroatoms. The van der Waals surface area contributed by atoms with E-state index in [0.29, 0.717) is 5.69 Å². The minimum Gasteiger partial charge on any atom is -0.454 e. The molecule has 0 aliphatic heterocycles. The molecule has 0 radical (unpaired) electrons. The van der Waals surface area contributed by atoms with E-state index in [1.807, 2.05) is 0 Å². The van der Waals surface area contributed by atoms with Crippen molar-refractivity contribution in [3.63, 3.8) is 0 Å². The predicted molar refractivity (Wildman–Crippen MR) is 66.8 cm³/mol. The topological polar surface area (TPSA) is 59.2 Å². The summed E-state index contributed by atoms with van der Waals surface area (Å²) in [5.41, 5.74) is -0.0594. The van der Waals surface area contributed by atoms with E-state index in [4.69, 9.17) is 16.3 Å². The Hall–Kier alpha value is -2.14. The van der Waals surface area contributed by atoms with Gasteiger partial charge in [-0.1, -0.05) is 17.7 Å². The molecule has 0 spiro atoms. The van der Waals surface area contributed by atoms with Gasteiger partial charge in [-0.15, -0.1) is 0 Å². The van der Waals surface area contributed by atoms with E-state index in [9.17, 15) is 14.0 Å². The van der Waals surface area contributed by atoms with Crippen LogP contribution in [-0.4, -0.2) is 23.3 Å². The van der Waals surface area contributed by atoms with Crippen LogP contribution in [0.1, 0.15) is 20.8 Å². The number of ketones is 1. The van der Waals surface area contributed by atoms with E-state index in [0.717, 1.165) is 6.07 Å². The predicted octanol–water partition coefficient (Wildman–Crippen LogP) is 2.85. The zero-order valence-electron chi connectivity index (χ0n) is 9.65. The zero-order chi connectivity index (χ0) is 13.8. The van der Waals surface area contributed by atoms with Crippen molar-refractivity contribution in [1.29, 1.82) is 0 Å². The average molecular weight is 282 g/mol. The Morgan fingerprint density at radius 3 is 2.68 bits per heavy atom. The maximum absolute atomic E-state index is 13.4. The van der Waals surface area contributed by atoms with E-state index in [2.05, 4.69) is 4.98 Å². The number of aromatic amines is 1. The zero-order valence-corrected chi connectivity index (χ0v) is 10.4. The lowest BCUT2D eigenvalue weighted by atomic mass is 10.2. The van der Waals surface area contributed by atoms with Gasteiger partial charge in [0.1, 0.15) is 11.4 Å². The van der Waals surface area contributed by atoms with Crippen LogP contribution in [0.25, 0.3) is 0 Å².